The molecule has 0 N–H and O–H groups in total. The molecule has 8 heteroatoms. The SMILES string of the molecule is CC(C)N(Cc1ccc(Cl)c(Cl)c1)C(=O)CCn1cnc2sccc2c1=O. The molecule has 0 aliphatic carbocycles. The number of fused-ring (bicyclic) bond motifs is 1. The van der Waals surface area contributed by atoms with Gasteiger partial charge in [-0.3, -0.25) is 14.2 Å². The highest BCUT2D eigenvalue weighted by Gasteiger charge is 2.18. The van der Waals surface area contributed by atoms with E-state index in [4.69, 9.17) is 23.2 Å². The molecule has 0 saturated carbocycles. The zero-order valence-corrected chi connectivity index (χ0v) is 17.3. The van der Waals surface area contributed by atoms with Crippen molar-refractivity contribution in [1.82, 2.24) is 14.5 Å². The van der Waals surface area contributed by atoms with Crippen LogP contribution in [0.5, 0.6) is 0 Å². The van der Waals surface area contributed by atoms with Gasteiger partial charge in [-0.25, -0.2) is 4.98 Å². The monoisotopic (exact) mass is 423 g/mol. The van der Waals surface area contributed by atoms with E-state index in [0.717, 1.165) is 5.56 Å². The van der Waals surface area contributed by atoms with Gasteiger partial charge >= 0.3 is 0 Å². The molecule has 142 valence electrons. The molecule has 0 unspecified atom stereocenters. The molecule has 5 nitrogen and oxygen atoms in total. The largest absolute Gasteiger partial charge is 0.336 e. The number of nitrogens with zero attached hydrogens (tertiary/aromatic N) is 3. The number of benzene rings is 1. The van der Waals surface area contributed by atoms with Crippen LogP contribution in [0.2, 0.25) is 10.0 Å². The third-order valence-corrected chi connectivity index (χ3v) is 5.86. The summed E-state index contributed by atoms with van der Waals surface area (Å²) in [6.07, 6.45) is 1.73. The zero-order chi connectivity index (χ0) is 19.6. The van der Waals surface area contributed by atoms with Crippen LogP contribution >= 0.6 is 34.5 Å². The molecule has 0 aliphatic rings. The fourth-order valence-electron chi connectivity index (χ4n) is 2.81. The molecular formula is C19H19Cl2N3O2S. The van der Waals surface area contributed by atoms with Crippen LogP contribution in [0.3, 0.4) is 0 Å². The molecule has 27 heavy (non-hydrogen) atoms. The Morgan fingerprint density at radius 3 is 2.74 bits per heavy atom. The van der Waals surface area contributed by atoms with Crippen molar-refractivity contribution in [2.24, 2.45) is 0 Å². The van der Waals surface area contributed by atoms with E-state index in [1.807, 2.05) is 25.3 Å². The van der Waals surface area contributed by atoms with Crippen LogP contribution in [0.1, 0.15) is 25.8 Å². The van der Waals surface area contributed by atoms with Crippen molar-refractivity contribution in [3.63, 3.8) is 0 Å². The first-order valence-electron chi connectivity index (χ1n) is 8.53. The Hall–Kier alpha value is -1.89. The molecule has 0 fully saturated rings. The highest BCUT2D eigenvalue weighted by molar-refractivity contribution is 7.16. The second-order valence-electron chi connectivity index (χ2n) is 6.50. The summed E-state index contributed by atoms with van der Waals surface area (Å²) in [5.74, 6) is -0.0339. The van der Waals surface area contributed by atoms with Crippen LogP contribution in [0.25, 0.3) is 10.2 Å². The van der Waals surface area contributed by atoms with E-state index in [1.54, 1.807) is 23.1 Å². The Balaban J connectivity index is 1.72. The number of carbonyl (C=O) groups excluding carboxylic acids is 1. The number of thiophene rings is 1. The normalized spacial score (nSPS) is 11.3. The van der Waals surface area contributed by atoms with Crippen molar-refractivity contribution in [1.29, 1.82) is 0 Å². The molecule has 1 aromatic carbocycles. The Morgan fingerprint density at radius 1 is 1.26 bits per heavy atom. The van der Waals surface area contributed by atoms with Gasteiger partial charge in [-0.15, -0.1) is 11.3 Å². The third kappa shape index (κ3) is 4.51. The van der Waals surface area contributed by atoms with E-state index in [0.29, 0.717) is 33.4 Å². The molecule has 0 aliphatic heterocycles. The second-order valence-corrected chi connectivity index (χ2v) is 8.21. The maximum Gasteiger partial charge on any atom is 0.262 e. The number of hydrogen-bond donors (Lipinski definition) is 0. The highest BCUT2D eigenvalue weighted by Crippen LogP contribution is 2.24. The molecule has 0 spiro atoms. The zero-order valence-electron chi connectivity index (χ0n) is 15.0. The summed E-state index contributed by atoms with van der Waals surface area (Å²) >= 11 is 13.5. The van der Waals surface area contributed by atoms with Crippen LogP contribution in [-0.4, -0.2) is 26.4 Å². The summed E-state index contributed by atoms with van der Waals surface area (Å²) in [4.78, 5) is 32.0. The lowest BCUT2D eigenvalue weighted by molar-refractivity contribution is -0.133. The van der Waals surface area contributed by atoms with E-state index in [1.165, 1.54) is 22.2 Å². The lowest BCUT2D eigenvalue weighted by Gasteiger charge is -2.27. The van der Waals surface area contributed by atoms with E-state index >= 15 is 0 Å². The lowest BCUT2D eigenvalue weighted by Crippen LogP contribution is -2.37. The maximum atomic E-state index is 12.8. The average molecular weight is 424 g/mol. The molecule has 3 aromatic rings. The molecule has 3 rings (SSSR count). The van der Waals surface area contributed by atoms with Crippen LogP contribution in [-0.2, 0) is 17.9 Å². The molecule has 1 amide bonds. The topological polar surface area (TPSA) is 55.2 Å². The molecule has 2 heterocycles. The van der Waals surface area contributed by atoms with Gasteiger partial charge < -0.3 is 4.90 Å². The minimum Gasteiger partial charge on any atom is -0.336 e. The summed E-state index contributed by atoms with van der Waals surface area (Å²) in [6.45, 7) is 4.65. The van der Waals surface area contributed by atoms with E-state index < -0.39 is 0 Å². The van der Waals surface area contributed by atoms with Crippen molar-refractivity contribution in [3.8, 4) is 0 Å². The summed E-state index contributed by atoms with van der Waals surface area (Å²) < 4.78 is 1.49. The van der Waals surface area contributed by atoms with Crippen LogP contribution in [0.15, 0.2) is 40.8 Å². The van der Waals surface area contributed by atoms with E-state index in [9.17, 15) is 9.59 Å². The predicted molar refractivity (Wildman–Crippen MR) is 111 cm³/mol. The van der Waals surface area contributed by atoms with Gasteiger partial charge in [0.25, 0.3) is 5.56 Å². The van der Waals surface area contributed by atoms with Crippen LogP contribution < -0.4 is 5.56 Å². The Labute approximate surface area is 171 Å². The fraction of sp³-hybridized carbons (Fsp3) is 0.316. The molecular weight excluding hydrogens is 405 g/mol. The average Bonchev–Trinajstić information content (AvgIpc) is 3.11. The standard InChI is InChI=1S/C19H19Cl2N3O2S/c1-12(2)24(10-13-3-4-15(20)16(21)9-13)17(25)5-7-23-11-22-18-14(19(23)26)6-8-27-18/h3-4,6,8-9,11-12H,5,7,10H2,1-2H3. The van der Waals surface area contributed by atoms with Crippen molar-refractivity contribution < 1.29 is 4.79 Å². The third-order valence-electron chi connectivity index (χ3n) is 4.30. The first kappa shape index (κ1) is 19.9. The van der Waals surface area contributed by atoms with E-state index in [2.05, 4.69) is 4.98 Å². The second kappa shape index (κ2) is 8.42. The number of rotatable bonds is 6. The van der Waals surface area contributed by atoms with Crippen molar-refractivity contribution in [2.75, 3.05) is 0 Å². The quantitative estimate of drug-likeness (QED) is 0.582. The Bertz CT molecular complexity index is 1030. The highest BCUT2D eigenvalue weighted by atomic mass is 35.5. The molecule has 2 aromatic heterocycles. The minimum atomic E-state index is -0.116. The number of aryl methyl sites for hydroxylation is 1. The van der Waals surface area contributed by atoms with Gasteiger partial charge in [0, 0.05) is 25.6 Å². The molecule has 0 bridgehead atoms. The first-order chi connectivity index (χ1) is 12.9. The van der Waals surface area contributed by atoms with Gasteiger partial charge in [-0.1, -0.05) is 29.3 Å². The summed E-state index contributed by atoms with van der Waals surface area (Å²) in [5.41, 5.74) is 0.791. The fourth-order valence-corrected chi connectivity index (χ4v) is 3.85. The van der Waals surface area contributed by atoms with Crippen LogP contribution in [0.4, 0.5) is 0 Å². The smallest absolute Gasteiger partial charge is 0.262 e. The van der Waals surface area contributed by atoms with Gasteiger partial charge in [0.05, 0.1) is 21.8 Å². The lowest BCUT2D eigenvalue weighted by atomic mass is 10.1. The Kier molecular flexibility index (Phi) is 6.19. The summed E-state index contributed by atoms with van der Waals surface area (Å²) in [7, 11) is 0. The predicted octanol–water partition coefficient (Wildman–Crippen LogP) is 4.59. The van der Waals surface area contributed by atoms with Gasteiger partial charge in [-0.05, 0) is 43.0 Å². The Morgan fingerprint density at radius 2 is 2.04 bits per heavy atom. The number of hydrogen-bond acceptors (Lipinski definition) is 4. The first-order valence-corrected chi connectivity index (χ1v) is 10.2. The molecule has 0 saturated heterocycles. The molecule has 0 radical (unpaired) electrons. The molecule has 0 atom stereocenters. The number of halogens is 2. The van der Waals surface area contributed by atoms with Gasteiger partial charge in [0.2, 0.25) is 5.91 Å². The van der Waals surface area contributed by atoms with Crippen molar-refractivity contribution in [2.45, 2.75) is 39.4 Å². The van der Waals surface area contributed by atoms with Gasteiger partial charge in [0.15, 0.2) is 0 Å². The van der Waals surface area contributed by atoms with Gasteiger partial charge in [-0.2, -0.15) is 0 Å². The van der Waals surface area contributed by atoms with E-state index in [-0.39, 0.29) is 23.9 Å². The minimum absolute atomic E-state index is 0.0150. The number of carbonyl (C=O) groups is 1. The number of aromatic nitrogens is 2. The number of amides is 1. The summed E-state index contributed by atoms with van der Waals surface area (Å²) in [6, 6.07) is 7.13. The maximum absolute atomic E-state index is 12.8. The van der Waals surface area contributed by atoms with Crippen molar-refractivity contribution >= 4 is 50.7 Å². The van der Waals surface area contributed by atoms with Gasteiger partial charge in [0.1, 0.15) is 4.83 Å². The van der Waals surface area contributed by atoms with Crippen LogP contribution in [0, 0.1) is 0 Å². The van der Waals surface area contributed by atoms with Crippen molar-refractivity contribution in [3.05, 3.63) is 61.9 Å². The summed E-state index contributed by atoms with van der Waals surface area (Å²) in [5, 5.41) is 3.38.